The molecule has 4 rings (SSSR count). The van der Waals surface area contributed by atoms with Crippen molar-refractivity contribution in [2.75, 3.05) is 31.1 Å². The molecule has 0 aliphatic carbocycles. The van der Waals surface area contributed by atoms with E-state index in [1.165, 1.54) is 10.6 Å². The minimum absolute atomic E-state index is 0.710. The number of anilines is 1. The number of nitrogens with zero attached hydrogens (tertiary/aromatic N) is 5. The Hall–Kier alpha value is -1.96. The molecule has 1 fully saturated rings. The monoisotopic (exact) mass is 361 g/mol. The van der Waals surface area contributed by atoms with Gasteiger partial charge in [0.2, 0.25) is 5.82 Å². The van der Waals surface area contributed by atoms with E-state index in [1.807, 2.05) is 35.7 Å². The zero-order valence-corrected chi connectivity index (χ0v) is 14.7. The lowest BCUT2D eigenvalue weighted by atomic mass is 10.2. The molecule has 0 saturated carbocycles. The van der Waals surface area contributed by atoms with Crippen molar-refractivity contribution >= 4 is 28.6 Å². The van der Waals surface area contributed by atoms with Crippen LogP contribution in [0.4, 0.5) is 5.69 Å². The molecule has 1 N–H and O–H groups in total. The summed E-state index contributed by atoms with van der Waals surface area (Å²) in [6, 6.07) is 12.1. The number of hydrogen-bond donors (Lipinski definition) is 1. The third-order valence-corrected chi connectivity index (χ3v) is 5.30. The molecule has 1 aliphatic rings. The van der Waals surface area contributed by atoms with Crippen LogP contribution in [0.3, 0.4) is 0 Å². The summed E-state index contributed by atoms with van der Waals surface area (Å²) in [7, 11) is 0. The van der Waals surface area contributed by atoms with Gasteiger partial charge in [0.25, 0.3) is 0 Å². The molecule has 6 nitrogen and oxygen atoms in total. The van der Waals surface area contributed by atoms with Crippen molar-refractivity contribution in [1.29, 1.82) is 0 Å². The summed E-state index contributed by atoms with van der Waals surface area (Å²) >= 11 is 7.72. The van der Waals surface area contributed by atoms with Gasteiger partial charge in [-0.2, -0.15) is 0 Å². The van der Waals surface area contributed by atoms with E-state index in [9.17, 15) is 0 Å². The van der Waals surface area contributed by atoms with Gasteiger partial charge in [-0.05, 0) is 34.9 Å². The molecule has 0 unspecified atom stereocenters. The first-order valence-electron chi connectivity index (χ1n) is 7.94. The number of thiophene rings is 1. The predicted molar refractivity (Wildman–Crippen MR) is 95.5 cm³/mol. The second-order valence-electron chi connectivity index (χ2n) is 5.84. The minimum Gasteiger partial charge on any atom is -0.360 e. The van der Waals surface area contributed by atoms with Crippen LogP contribution >= 0.6 is 22.9 Å². The summed E-state index contributed by atoms with van der Waals surface area (Å²) in [6.07, 6.45) is 0. The predicted octanol–water partition coefficient (Wildman–Crippen LogP) is 1.42. The highest BCUT2D eigenvalue weighted by Gasteiger charge is 2.21. The van der Waals surface area contributed by atoms with E-state index in [1.54, 1.807) is 16.1 Å². The smallest absolute Gasteiger partial charge is 0.215 e. The van der Waals surface area contributed by atoms with Crippen LogP contribution in [0.15, 0.2) is 41.8 Å². The van der Waals surface area contributed by atoms with Gasteiger partial charge in [-0.1, -0.05) is 23.7 Å². The molecule has 8 heteroatoms. The van der Waals surface area contributed by atoms with E-state index in [-0.39, 0.29) is 0 Å². The van der Waals surface area contributed by atoms with Crippen molar-refractivity contribution in [1.82, 2.24) is 20.2 Å². The highest BCUT2D eigenvalue weighted by molar-refractivity contribution is 7.13. The van der Waals surface area contributed by atoms with Crippen LogP contribution in [0.2, 0.25) is 5.02 Å². The average Bonchev–Trinajstić information content (AvgIpc) is 3.27. The number of quaternary nitrogens is 1. The van der Waals surface area contributed by atoms with Crippen LogP contribution < -0.4 is 9.80 Å². The van der Waals surface area contributed by atoms with Crippen LogP contribution in [0, 0.1) is 0 Å². The first kappa shape index (κ1) is 15.6. The molecular formula is C16H18ClN6S+. The van der Waals surface area contributed by atoms with Crippen LogP contribution in [0.1, 0.15) is 0 Å². The highest BCUT2D eigenvalue weighted by atomic mass is 35.5. The maximum Gasteiger partial charge on any atom is 0.215 e. The fraction of sp³-hybridized carbons (Fsp3) is 0.312. The third-order valence-electron chi connectivity index (χ3n) is 4.20. The number of hydrogen-bond acceptors (Lipinski definition) is 5. The molecule has 24 heavy (non-hydrogen) atoms. The van der Waals surface area contributed by atoms with E-state index < -0.39 is 0 Å². The maximum atomic E-state index is 6.09. The first-order chi connectivity index (χ1) is 11.8. The van der Waals surface area contributed by atoms with Gasteiger partial charge in [-0.15, -0.1) is 26.3 Å². The average molecular weight is 362 g/mol. The number of aromatic nitrogens is 4. The number of nitrogens with one attached hydrogen (secondary N) is 1. The van der Waals surface area contributed by atoms with Crippen LogP contribution in [0.25, 0.3) is 10.7 Å². The first-order valence-corrected chi connectivity index (χ1v) is 9.19. The van der Waals surface area contributed by atoms with Gasteiger partial charge >= 0.3 is 0 Å². The van der Waals surface area contributed by atoms with Gasteiger partial charge in [0.05, 0.1) is 31.1 Å². The van der Waals surface area contributed by atoms with Crippen molar-refractivity contribution in [3.63, 3.8) is 0 Å². The summed E-state index contributed by atoms with van der Waals surface area (Å²) in [6.45, 7) is 4.84. The number of halogens is 1. The lowest BCUT2D eigenvalue weighted by Crippen LogP contribution is -3.14. The highest BCUT2D eigenvalue weighted by Crippen LogP contribution is 2.20. The van der Waals surface area contributed by atoms with E-state index in [2.05, 4.69) is 26.4 Å². The van der Waals surface area contributed by atoms with E-state index in [0.29, 0.717) is 5.82 Å². The van der Waals surface area contributed by atoms with Crippen LogP contribution in [-0.4, -0.2) is 46.4 Å². The van der Waals surface area contributed by atoms with Crippen LogP contribution in [0.5, 0.6) is 0 Å². The Morgan fingerprint density at radius 1 is 1.17 bits per heavy atom. The van der Waals surface area contributed by atoms with E-state index in [0.717, 1.165) is 42.7 Å². The van der Waals surface area contributed by atoms with E-state index in [4.69, 9.17) is 11.6 Å². The SMILES string of the molecule is Clc1cccc(N2CC[NH+](Cn3nnc(-c4cccs4)n3)CC2)c1. The zero-order valence-electron chi connectivity index (χ0n) is 13.1. The Bertz CT molecular complexity index is 795. The molecule has 0 atom stereocenters. The fourth-order valence-corrected chi connectivity index (χ4v) is 3.76. The summed E-state index contributed by atoms with van der Waals surface area (Å²) in [5.74, 6) is 0.710. The number of piperazine rings is 1. The molecule has 1 aromatic carbocycles. The second-order valence-corrected chi connectivity index (χ2v) is 7.22. The number of tetrazole rings is 1. The van der Waals surface area contributed by atoms with Gasteiger partial charge in [-0.3, -0.25) is 0 Å². The van der Waals surface area contributed by atoms with Crippen molar-refractivity contribution in [2.45, 2.75) is 6.67 Å². The zero-order chi connectivity index (χ0) is 16.4. The lowest BCUT2D eigenvalue weighted by Gasteiger charge is -2.33. The summed E-state index contributed by atoms with van der Waals surface area (Å²) in [5.41, 5.74) is 1.19. The Morgan fingerprint density at radius 3 is 2.79 bits per heavy atom. The molecule has 2 aromatic heterocycles. The molecule has 1 aliphatic heterocycles. The van der Waals surface area contributed by atoms with Gasteiger partial charge in [0.15, 0.2) is 6.67 Å². The number of benzene rings is 1. The molecule has 0 radical (unpaired) electrons. The van der Waals surface area contributed by atoms with Crippen LogP contribution in [-0.2, 0) is 6.67 Å². The molecule has 3 aromatic rings. The maximum absolute atomic E-state index is 6.09. The summed E-state index contributed by atoms with van der Waals surface area (Å²) in [4.78, 5) is 6.60. The van der Waals surface area contributed by atoms with E-state index >= 15 is 0 Å². The molecule has 0 spiro atoms. The van der Waals surface area contributed by atoms with Crippen molar-refractivity contribution in [2.24, 2.45) is 0 Å². The summed E-state index contributed by atoms with van der Waals surface area (Å²) in [5, 5.41) is 15.6. The van der Waals surface area contributed by atoms with Crippen molar-refractivity contribution in [3.05, 3.63) is 46.8 Å². The normalized spacial score (nSPS) is 15.8. The Morgan fingerprint density at radius 2 is 2.04 bits per heavy atom. The van der Waals surface area contributed by atoms with Crippen molar-refractivity contribution < 1.29 is 4.90 Å². The quantitative estimate of drug-likeness (QED) is 0.763. The Labute approximate surface area is 149 Å². The Balaban J connectivity index is 1.35. The molecule has 124 valence electrons. The molecule has 3 heterocycles. The van der Waals surface area contributed by atoms with Gasteiger partial charge in [0, 0.05) is 10.7 Å². The van der Waals surface area contributed by atoms with Crippen molar-refractivity contribution in [3.8, 4) is 10.7 Å². The van der Waals surface area contributed by atoms with Gasteiger partial charge in [0.1, 0.15) is 0 Å². The fourth-order valence-electron chi connectivity index (χ4n) is 2.93. The molecule has 0 amide bonds. The third kappa shape index (κ3) is 3.43. The minimum atomic E-state index is 0.710. The largest absolute Gasteiger partial charge is 0.360 e. The molecule has 1 saturated heterocycles. The Kier molecular flexibility index (Phi) is 4.46. The summed E-state index contributed by atoms with van der Waals surface area (Å²) < 4.78 is 0. The molecular weight excluding hydrogens is 344 g/mol. The second kappa shape index (κ2) is 6.88. The lowest BCUT2D eigenvalue weighted by molar-refractivity contribution is -0.924. The van der Waals surface area contributed by atoms with Gasteiger partial charge in [-0.25, -0.2) is 0 Å². The topological polar surface area (TPSA) is 51.3 Å². The standard InChI is InChI=1S/C16H17ClN6S/c17-13-3-1-4-14(11-13)22-8-6-21(7-9-22)12-23-19-16(18-20-23)15-5-2-10-24-15/h1-5,10-11H,6-9,12H2/p+1. The van der Waals surface area contributed by atoms with Gasteiger partial charge < -0.3 is 9.80 Å². The number of rotatable bonds is 4. The molecule has 0 bridgehead atoms.